The second-order valence-corrected chi connectivity index (χ2v) is 7.30. The van der Waals surface area contributed by atoms with Crippen LogP contribution in [0.4, 0.5) is 5.69 Å². The van der Waals surface area contributed by atoms with E-state index in [0.717, 1.165) is 22.6 Å². The molecule has 1 heterocycles. The number of amides is 2. The van der Waals surface area contributed by atoms with Crippen LogP contribution < -0.4 is 15.0 Å². The summed E-state index contributed by atoms with van der Waals surface area (Å²) in [5, 5.41) is 2.73. The predicted molar refractivity (Wildman–Crippen MR) is 112 cm³/mol. The highest BCUT2D eigenvalue weighted by atomic mass is 16.5. The monoisotopic (exact) mass is 410 g/mol. The summed E-state index contributed by atoms with van der Waals surface area (Å²) in [6.45, 7) is 2.32. The van der Waals surface area contributed by atoms with Crippen LogP contribution in [0, 0.1) is 12.8 Å². The van der Waals surface area contributed by atoms with E-state index in [0.29, 0.717) is 13.0 Å². The zero-order valence-electron chi connectivity index (χ0n) is 17.2. The Labute approximate surface area is 176 Å². The Bertz CT molecular complexity index is 893. The fourth-order valence-electron chi connectivity index (χ4n) is 3.28. The summed E-state index contributed by atoms with van der Waals surface area (Å²) in [6, 6.07) is 15.1. The molecule has 1 fully saturated rings. The maximum atomic E-state index is 12.3. The summed E-state index contributed by atoms with van der Waals surface area (Å²) in [4.78, 5) is 38.1. The number of carbonyl (C=O) groups excluding carboxylic acids is 3. The first-order valence-corrected chi connectivity index (χ1v) is 9.89. The summed E-state index contributed by atoms with van der Waals surface area (Å²) in [5.41, 5.74) is 2.92. The Hall–Kier alpha value is -3.35. The Morgan fingerprint density at radius 3 is 2.47 bits per heavy atom. The lowest BCUT2D eigenvalue weighted by Crippen LogP contribution is -2.32. The van der Waals surface area contributed by atoms with Crippen LogP contribution in [0.2, 0.25) is 0 Å². The van der Waals surface area contributed by atoms with Crippen LogP contribution in [0.5, 0.6) is 5.75 Å². The van der Waals surface area contributed by atoms with Crippen molar-refractivity contribution >= 4 is 23.5 Å². The minimum Gasteiger partial charge on any atom is -0.497 e. The number of hydrogen-bond acceptors (Lipinski definition) is 5. The Kier molecular flexibility index (Phi) is 7.06. The number of nitrogens with zero attached hydrogens (tertiary/aromatic N) is 1. The van der Waals surface area contributed by atoms with Gasteiger partial charge >= 0.3 is 5.97 Å². The lowest BCUT2D eigenvalue weighted by atomic mass is 10.1. The van der Waals surface area contributed by atoms with E-state index in [9.17, 15) is 14.4 Å². The van der Waals surface area contributed by atoms with Crippen molar-refractivity contribution in [3.8, 4) is 5.75 Å². The van der Waals surface area contributed by atoms with Crippen LogP contribution in [-0.4, -0.2) is 44.6 Å². The molecule has 0 radical (unpaired) electrons. The van der Waals surface area contributed by atoms with Gasteiger partial charge in [0.25, 0.3) is 5.91 Å². The zero-order chi connectivity index (χ0) is 21.5. The second-order valence-electron chi connectivity index (χ2n) is 7.30. The van der Waals surface area contributed by atoms with Crippen LogP contribution in [0.25, 0.3) is 0 Å². The minimum atomic E-state index is -0.564. The largest absolute Gasteiger partial charge is 0.497 e. The topological polar surface area (TPSA) is 84.9 Å². The Morgan fingerprint density at radius 1 is 1.10 bits per heavy atom. The second kappa shape index (κ2) is 9.91. The molecular formula is C23H26N2O5. The van der Waals surface area contributed by atoms with E-state index < -0.39 is 11.9 Å². The highest BCUT2D eigenvalue weighted by molar-refractivity contribution is 5.99. The number of esters is 1. The van der Waals surface area contributed by atoms with Gasteiger partial charge in [-0.3, -0.25) is 14.4 Å². The first-order chi connectivity index (χ1) is 14.5. The summed E-state index contributed by atoms with van der Waals surface area (Å²) in [5.74, 6) is -0.795. The molecule has 1 saturated heterocycles. The molecule has 158 valence electrons. The molecule has 1 atom stereocenters. The van der Waals surface area contributed by atoms with E-state index in [-0.39, 0.29) is 31.4 Å². The van der Waals surface area contributed by atoms with Crippen LogP contribution in [-0.2, 0) is 25.5 Å². The number of anilines is 1. The number of carbonyl (C=O) groups is 3. The van der Waals surface area contributed by atoms with Gasteiger partial charge in [-0.25, -0.2) is 0 Å². The third kappa shape index (κ3) is 5.59. The van der Waals surface area contributed by atoms with Crippen molar-refractivity contribution in [1.82, 2.24) is 5.32 Å². The summed E-state index contributed by atoms with van der Waals surface area (Å²) >= 11 is 0. The molecular weight excluding hydrogens is 384 g/mol. The quantitative estimate of drug-likeness (QED) is 0.675. The van der Waals surface area contributed by atoms with Gasteiger partial charge in [0.1, 0.15) is 5.75 Å². The van der Waals surface area contributed by atoms with E-state index in [4.69, 9.17) is 9.47 Å². The van der Waals surface area contributed by atoms with Crippen molar-refractivity contribution in [2.45, 2.75) is 19.8 Å². The molecule has 3 rings (SSSR count). The van der Waals surface area contributed by atoms with Gasteiger partial charge < -0.3 is 19.7 Å². The van der Waals surface area contributed by atoms with Gasteiger partial charge in [-0.2, -0.15) is 0 Å². The van der Waals surface area contributed by atoms with Crippen LogP contribution in [0.1, 0.15) is 17.5 Å². The number of aryl methyl sites for hydroxylation is 1. The summed E-state index contributed by atoms with van der Waals surface area (Å²) in [7, 11) is 1.61. The molecule has 7 heteroatoms. The van der Waals surface area contributed by atoms with Gasteiger partial charge in [-0.05, 0) is 43.2 Å². The van der Waals surface area contributed by atoms with E-state index in [2.05, 4.69) is 5.32 Å². The predicted octanol–water partition coefficient (Wildman–Crippen LogP) is 2.26. The van der Waals surface area contributed by atoms with E-state index >= 15 is 0 Å². The molecule has 0 saturated carbocycles. The maximum absolute atomic E-state index is 12.3. The smallest absolute Gasteiger partial charge is 0.311 e. The number of ether oxygens (including phenoxy) is 2. The average Bonchev–Trinajstić information content (AvgIpc) is 3.15. The van der Waals surface area contributed by atoms with Crippen molar-refractivity contribution < 1.29 is 23.9 Å². The fourth-order valence-corrected chi connectivity index (χ4v) is 3.28. The number of nitrogens with one attached hydrogen (secondary N) is 1. The molecule has 1 N–H and O–H groups in total. The van der Waals surface area contributed by atoms with Gasteiger partial charge in [-0.1, -0.05) is 29.8 Å². The summed E-state index contributed by atoms with van der Waals surface area (Å²) < 4.78 is 10.2. The molecule has 0 bridgehead atoms. The highest BCUT2D eigenvalue weighted by Crippen LogP contribution is 2.26. The Balaban J connectivity index is 1.39. The summed E-state index contributed by atoms with van der Waals surface area (Å²) in [6.07, 6.45) is 0.748. The number of methoxy groups -OCH3 is 1. The molecule has 2 amide bonds. The molecule has 0 aliphatic carbocycles. The Morgan fingerprint density at radius 2 is 1.80 bits per heavy atom. The standard InChI is InChI=1S/C23H26N2O5/c1-16-3-7-19(8-4-16)25-14-18(13-22(25)27)23(28)30-15-21(26)24-12-11-17-5-9-20(29-2)10-6-17/h3-10,18H,11-15H2,1-2H3,(H,24,26)/t18-/m1/s1. The number of rotatable bonds is 8. The van der Waals surface area contributed by atoms with E-state index in [1.165, 1.54) is 0 Å². The molecule has 30 heavy (non-hydrogen) atoms. The maximum Gasteiger partial charge on any atom is 0.311 e. The number of hydrogen-bond donors (Lipinski definition) is 1. The SMILES string of the molecule is COc1ccc(CCNC(=O)COC(=O)[C@@H]2CC(=O)N(c3ccc(C)cc3)C2)cc1. The van der Waals surface area contributed by atoms with Crippen molar-refractivity contribution in [1.29, 1.82) is 0 Å². The molecule has 1 aliphatic heterocycles. The van der Waals surface area contributed by atoms with Crippen molar-refractivity contribution in [2.24, 2.45) is 5.92 Å². The zero-order valence-corrected chi connectivity index (χ0v) is 17.2. The van der Waals surface area contributed by atoms with Gasteiger partial charge in [0.05, 0.1) is 13.0 Å². The third-order valence-corrected chi connectivity index (χ3v) is 5.04. The van der Waals surface area contributed by atoms with Crippen molar-refractivity contribution in [3.63, 3.8) is 0 Å². The van der Waals surface area contributed by atoms with Crippen LogP contribution in [0.15, 0.2) is 48.5 Å². The first kappa shape index (κ1) is 21.4. The van der Waals surface area contributed by atoms with Gasteiger partial charge in [-0.15, -0.1) is 0 Å². The molecule has 0 spiro atoms. The van der Waals surface area contributed by atoms with Gasteiger partial charge in [0.15, 0.2) is 6.61 Å². The lowest BCUT2D eigenvalue weighted by Gasteiger charge is -2.16. The molecule has 2 aromatic carbocycles. The van der Waals surface area contributed by atoms with Crippen LogP contribution >= 0.6 is 0 Å². The molecule has 0 unspecified atom stereocenters. The average molecular weight is 410 g/mol. The molecule has 0 aromatic heterocycles. The third-order valence-electron chi connectivity index (χ3n) is 5.04. The fraction of sp³-hybridized carbons (Fsp3) is 0.348. The molecule has 2 aromatic rings. The lowest BCUT2D eigenvalue weighted by molar-refractivity contribution is -0.152. The van der Waals surface area contributed by atoms with E-state index in [1.807, 2.05) is 55.5 Å². The number of benzene rings is 2. The molecule has 1 aliphatic rings. The van der Waals surface area contributed by atoms with Gasteiger partial charge in [0.2, 0.25) is 5.91 Å². The normalized spacial score (nSPS) is 15.7. The van der Waals surface area contributed by atoms with Gasteiger partial charge in [0, 0.05) is 25.2 Å². The van der Waals surface area contributed by atoms with E-state index in [1.54, 1.807) is 12.0 Å². The minimum absolute atomic E-state index is 0.0891. The first-order valence-electron chi connectivity index (χ1n) is 9.89. The van der Waals surface area contributed by atoms with Crippen molar-refractivity contribution in [2.75, 3.05) is 31.7 Å². The van der Waals surface area contributed by atoms with Crippen molar-refractivity contribution in [3.05, 3.63) is 59.7 Å². The van der Waals surface area contributed by atoms with Crippen LogP contribution in [0.3, 0.4) is 0 Å². The highest BCUT2D eigenvalue weighted by Gasteiger charge is 2.36. The molecule has 7 nitrogen and oxygen atoms in total.